The lowest BCUT2D eigenvalue weighted by Gasteiger charge is -2.34. The van der Waals surface area contributed by atoms with Gasteiger partial charge >= 0.3 is 0 Å². The van der Waals surface area contributed by atoms with Gasteiger partial charge in [-0.2, -0.15) is 0 Å². The molecule has 2 amide bonds. The van der Waals surface area contributed by atoms with Gasteiger partial charge in [-0.3, -0.25) is 13.9 Å². The predicted molar refractivity (Wildman–Crippen MR) is 162 cm³/mol. The molecule has 3 aromatic carbocycles. The third kappa shape index (κ3) is 7.88. The Morgan fingerprint density at radius 2 is 1.59 bits per heavy atom. The van der Waals surface area contributed by atoms with Gasteiger partial charge in [0.05, 0.1) is 17.7 Å². The molecule has 3 rings (SSSR count). The fourth-order valence-electron chi connectivity index (χ4n) is 4.61. The van der Waals surface area contributed by atoms with E-state index in [0.717, 1.165) is 17.5 Å². The Morgan fingerprint density at radius 3 is 2.22 bits per heavy atom. The van der Waals surface area contributed by atoms with Crippen LogP contribution in [-0.2, 0) is 32.6 Å². The number of rotatable bonds is 14. The molecule has 8 nitrogen and oxygen atoms in total. The number of ether oxygens (including phenoxy) is 1. The number of amides is 2. The van der Waals surface area contributed by atoms with Crippen molar-refractivity contribution in [2.75, 3.05) is 18.0 Å². The highest BCUT2D eigenvalue weighted by Crippen LogP contribution is 2.28. The molecular weight excluding hydrogens is 538 g/mol. The minimum Gasteiger partial charge on any atom is -0.497 e. The summed E-state index contributed by atoms with van der Waals surface area (Å²) in [6, 6.07) is 21.7. The molecule has 0 aliphatic rings. The normalized spacial score (nSPS) is 12.7. The number of nitrogens with zero attached hydrogens (tertiary/aromatic N) is 2. The summed E-state index contributed by atoms with van der Waals surface area (Å²) in [6.45, 7) is 7.31. The maximum atomic E-state index is 14.2. The molecule has 0 saturated heterocycles. The monoisotopic (exact) mass is 579 g/mol. The van der Waals surface area contributed by atoms with Gasteiger partial charge in [0, 0.05) is 12.6 Å². The number of hydrogen-bond acceptors (Lipinski definition) is 5. The van der Waals surface area contributed by atoms with Crippen molar-refractivity contribution in [2.24, 2.45) is 0 Å². The van der Waals surface area contributed by atoms with Crippen molar-refractivity contribution >= 4 is 27.5 Å². The van der Waals surface area contributed by atoms with Crippen LogP contribution in [-0.4, -0.2) is 50.9 Å². The van der Waals surface area contributed by atoms with E-state index in [0.29, 0.717) is 24.3 Å². The van der Waals surface area contributed by atoms with E-state index in [2.05, 4.69) is 5.32 Å². The maximum absolute atomic E-state index is 14.2. The number of aryl methyl sites for hydroxylation is 1. The van der Waals surface area contributed by atoms with E-state index in [4.69, 9.17) is 4.74 Å². The molecule has 220 valence electrons. The molecule has 9 heteroatoms. The Hall–Kier alpha value is -3.85. The highest BCUT2D eigenvalue weighted by atomic mass is 32.2. The van der Waals surface area contributed by atoms with Gasteiger partial charge in [-0.25, -0.2) is 8.42 Å². The second-order valence-electron chi connectivity index (χ2n) is 9.92. The van der Waals surface area contributed by atoms with Crippen LogP contribution in [0.15, 0.2) is 83.8 Å². The molecular formula is C32H41N3O5S. The van der Waals surface area contributed by atoms with Crippen LogP contribution in [0.4, 0.5) is 5.69 Å². The van der Waals surface area contributed by atoms with Crippen molar-refractivity contribution in [2.45, 2.75) is 70.5 Å². The number of methoxy groups -OCH3 is 1. The largest absolute Gasteiger partial charge is 0.497 e. The molecule has 0 aliphatic carbocycles. The summed E-state index contributed by atoms with van der Waals surface area (Å²) in [7, 11) is -2.55. The van der Waals surface area contributed by atoms with Gasteiger partial charge in [0.25, 0.3) is 10.0 Å². The predicted octanol–water partition coefficient (Wildman–Crippen LogP) is 5.18. The van der Waals surface area contributed by atoms with Gasteiger partial charge < -0.3 is 15.0 Å². The third-order valence-corrected chi connectivity index (χ3v) is 8.90. The number of nitrogens with one attached hydrogen (secondary N) is 1. The summed E-state index contributed by atoms with van der Waals surface area (Å²) in [6.07, 6.45) is 1.67. The zero-order chi connectivity index (χ0) is 30.0. The van der Waals surface area contributed by atoms with E-state index in [1.54, 1.807) is 43.5 Å². The molecule has 2 atom stereocenters. The average molecular weight is 580 g/mol. The zero-order valence-corrected chi connectivity index (χ0v) is 25.4. The molecule has 0 saturated carbocycles. The van der Waals surface area contributed by atoms with Gasteiger partial charge in [0.15, 0.2) is 0 Å². The lowest BCUT2D eigenvalue weighted by atomic mass is 10.1. The maximum Gasteiger partial charge on any atom is 0.264 e. The van der Waals surface area contributed by atoms with Crippen LogP contribution >= 0.6 is 0 Å². The summed E-state index contributed by atoms with van der Waals surface area (Å²) >= 11 is 0. The molecule has 1 N–H and O–H groups in total. The second-order valence-corrected chi connectivity index (χ2v) is 11.8. The van der Waals surface area contributed by atoms with E-state index in [9.17, 15) is 18.0 Å². The summed E-state index contributed by atoms with van der Waals surface area (Å²) in [5, 5.41) is 2.99. The molecule has 41 heavy (non-hydrogen) atoms. The number of carbonyl (C=O) groups is 2. The second kappa shape index (κ2) is 14.7. The van der Waals surface area contributed by atoms with Crippen molar-refractivity contribution in [1.29, 1.82) is 0 Å². The van der Waals surface area contributed by atoms with Gasteiger partial charge in [-0.15, -0.1) is 0 Å². The summed E-state index contributed by atoms with van der Waals surface area (Å²) < 4.78 is 34.6. The van der Waals surface area contributed by atoms with Crippen LogP contribution in [0.1, 0.15) is 51.7 Å². The first-order valence-corrected chi connectivity index (χ1v) is 15.5. The molecule has 0 aliphatic heterocycles. The van der Waals surface area contributed by atoms with Crippen molar-refractivity contribution in [1.82, 2.24) is 10.2 Å². The van der Waals surface area contributed by atoms with E-state index in [1.807, 2.05) is 58.0 Å². The molecule has 0 radical (unpaired) electrons. The Balaban J connectivity index is 2.09. The van der Waals surface area contributed by atoms with E-state index in [-0.39, 0.29) is 23.4 Å². The van der Waals surface area contributed by atoms with Crippen LogP contribution in [0.25, 0.3) is 0 Å². The first-order chi connectivity index (χ1) is 19.7. The number of benzene rings is 3. The highest BCUT2D eigenvalue weighted by Gasteiger charge is 2.34. The molecule has 0 heterocycles. The Kier molecular flexibility index (Phi) is 11.3. The number of sulfonamides is 1. The van der Waals surface area contributed by atoms with Gasteiger partial charge in [0.1, 0.15) is 18.3 Å². The molecule has 0 unspecified atom stereocenters. The van der Waals surface area contributed by atoms with E-state index < -0.39 is 28.5 Å². The van der Waals surface area contributed by atoms with Crippen LogP contribution in [0.2, 0.25) is 0 Å². The number of anilines is 1. The lowest BCUT2D eigenvalue weighted by Crippen LogP contribution is -2.53. The molecule has 0 spiro atoms. The Bertz CT molecular complexity index is 1410. The van der Waals surface area contributed by atoms with Gasteiger partial charge in [-0.05, 0) is 67.6 Å². The van der Waals surface area contributed by atoms with Crippen LogP contribution in [0.5, 0.6) is 5.75 Å². The van der Waals surface area contributed by atoms with E-state index >= 15 is 0 Å². The summed E-state index contributed by atoms with van der Waals surface area (Å²) in [4.78, 5) is 29.2. The minimum absolute atomic E-state index is 0.0725. The fourth-order valence-corrected chi connectivity index (χ4v) is 6.09. The van der Waals surface area contributed by atoms with Gasteiger partial charge in [-0.1, -0.05) is 69.3 Å². The van der Waals surface area contributed by atoms with Crippen LogP contribution in [0.3, 0.4) is 0 Å². The molecule has 0 bridgehead atoms. The van der Waals surface area contributed by atoms with E-state index in [1.165, 1.54) is 21.3 Å². The first kappa shape index (κ1) is 31.7. The molecule has 0 fully saturated rings. The standard InChI is InChI=1S/C32H41N3O5S/c1-6-24(4)33-32(37)29(8-3)34(22-25-15-14-17-27(21-25)40-5)31(36)23-35(30-20-13-12-16-26(30)7-2)41(38,39)28-18-10-9-11-19-28/h9-21,24,29H,6-8,22-23H2,1-5H3,(H,33,37)/t24-,29+/m0/s1. The smallest absolute Gasteiger partial charge is 0.264 e. The van der Waals surface area contributed by atoms with Crippen molar-refractivity contribution in [3.05, 3.63) is 90.0 Å². The van der Waals surface area contributed by atoms with Crippen LogP contribution < -0.4 is 14.4 Å². The average Bonchev–Trinajstić information content (AvgIpc) is 2.99. The van der Waals surface area contributed by atoms with Gasteiger partial charge in [0.2, 0.25) is 11.8 Å². The fraction of sp³-hybridized carbons (Fsp3) is 0.375. The zero-order valence-electron chi connectivity index (χ0n) is 24.5. The Morgan fingerprint density at radius 1 is 0.902 bits per heavy atom. The topological polar surface area (TPSA) is 96.0 Å². The molecule has 0 aromatic heterocycles. The minimum atomic E-state index is -4.11. The lowest BCUT2D eigenvalue weighted by molar-refractivity contribution is -0.140. The summed E-state index contributed by atoms with van der Waals surface area (Å²) in [5.74, 6) is -0.133. The van der Waals surface area contributed by atoms with Crippen molar-refractivity contribution < 1.29 is 22.7 Å². The van der Waals surface area contributed by atoms with Crippen LogP contribution in [0, 0.1) is 0 Å². The Labute approximate surface area is 244 Å². The third-order valence-electron chi connectivity index (χ3n) is 7.13. The summed E-state index contributed by atoms with van der Waals surface area (Å²) in [5.41, 5.74) is 1.99. The number of carbonyl (C=O) groups excluding carboxylic acids is 2. The number of hydrogen-bond donors (Lipinski definition) is 1. The first-order valence-electron chi connectivity index (χ1n) is 14.0. The highest BCUT2D eigenvalue weighted by molar-refractivity contribution is 7.92. The van der Waals surface area contributed by atoms with Crippen molar-refractivity contribution in [3.8, 4) is 5.75 Å². The quantitative estimate of drug-likeness (QED) is 0.284. The van der Waals surface area contributed by atoms with Crippen molar-refractivity contribution in [3.63, 3.8) is 0 Å². The number of para-hydroxylation sites is 1. The molecule has 3 aromatic rings. The SMILES string of the molecule is CCc1ccccc1N(CC(=O)N(Cc1cccc(OC)c1)[C@H](CC)C(=O)N[C@@H](C)CC)S(=O)(=O)c1ccccc1.